The molecule has 1 amide bonds. The van der Waals surface area contributed by atoms with Gasteiger partial charge in [-0.3, -0.25) is 14.5 Å². The minimum atomic E-state index is -0.738. The van der Waals surface area contributed by atoms with E-state index in [2.05, 4.69) is 38.2 Å². The fourth-order valence-electron chi connectivity index (χ4n) is 5.00. The van der Waals surface area contributed by atoms with Crippen LogP contribution in [0.15, 0.2) is 42.3 Å². The van der Waals surface area contributed by atoms with E-state index in [9.17, 15) is 14.0 Å². The van der Waals surface area contributed by atoms with Crippen LogP contribution in [0.1, 0.15) is 52.4 Å². The number of anilines is 1. The fraction of sp³-hybridized carbons (Fsp3) is 0.400. The van der Waals surface area contributed by atoms with Crippen molar-refractivity contribution in [2.45, 2.75) is 31.2 Å². The van der Waals surface area contributed by atoms with E-state index in [4.69, 9.17) is 0 Å². The summed E-state index contributed by atoms with van der Waals surface area (Å²) in [4.78, 5) is 36.2. The molecule has 174 valence electrons. The molecule has 1 saturated carbocycles. The molecule has 1 aliphatic carbocycles. The van der Waals surface area contributed by atoms with E-state index in [0.717, 1.165) is 57.0 Å². The summed E-state index contributed by atoms with van der Waals surface area (Å²) < 4.78 is 13.7. The van der Waals surface area contributed by atoms with Crippen LogP contribution in [0.2, 0.25) is 0 Å². The molecule has 1 saturated heterocycles. The maximum absolute atomic E-state index is 13.7. The summed E-state index contributed by atoms with van der Waals surface area (Å²) in [5, 5.41) is 2.61. The van der Waals surface area contributed by atoms with Crippen molar-refractivity contribution < 1.29 is 9.18 Å². The highest BCUT2D eigenvalue weighted by Gasteiger charge is 2.33. The van der Waals surface area contributed by atoms with Crippen LogP contribution in [0.3, 0.4) is 0 Å². The zero-order valence-electron chi connectivity index (χ0n) is 18.9. The SMILES string of the molecule is C=Cc1cc(C2CCC(N3CCN(c4ccc(C(=O)NC)cn4)CC3)C2)[nH]c(=O)c1C(=C)F. The summed E-state index contributed by atoms with van der Waals surface area (Å²) in [6, 6.07) is 5.99. The van der Waals surface area contributed by atoms with Crippen molar-refractivity contribution in [1.29, 1.82) is 0 Å². The molecule has 4 rings (SSSR count). The van der Waals surface area contributed by atoms with E-state index in [-0.39, 0.29) is 17.4 Å². The predicted molar refractivity (Wildman–Crippen MR) is 129 cm³/mol. The predicted octanol–water partition coefficient (Wildman–Crippen LogP) is 3.17. The Balaban J connectivity index is 1.37. The molecule has 33 heavy (non-hydrogen) atoms. The number of hydrogen-bond acceptors (Lipinski definition) is 5. The lowest BCUT2D eigenvalue weighted by Crippen LogP contribution is -2.50. The average Bonchev–Trinajstić information content (AvgIpc) is 3.33. The van der Waals surface area contributed by atoms with Gasteiger partial charge in [0.15, 0.2) is 0 Å². The second-order valence-corrected chi connectivity index (χ2v) is 8.66. The Labute approximate surface area is 193 Å². The Morgan fingerprint density at radius 2 is 2.03 bits per heavy atom. The third-order valence-corrected chi connectivity index (χ3v) is 6.81. The summed E-state index contributed by atoms with van der Waals surface area (Å²) >= 11 is 0. The minimum Gasteiger partial charge on any atom is -0.355 e. The topological polar surface area (TPSA) is 81.3 Å². The number of aromatic nitrogens is 2. The molecule has 1 aliphatic heterocycles. The lowest BCUT2D eigenvalue weighted by Gasteiger charge is -2.38. The van der Waals surface area contributed by atoms with Crippen molar-refractivity contribution in [1.82, 2.24) is 20.2 Å². The number of aromatic amines is 1. The van der Waals surface area contributed by atoms with E-state index in [1.807, 2.05) is 12.1 Å². The molecule has 2 fully saturated rings. The van der Waals surface area contributed by atoms with Crippen molar-refractivity contribution in [3.63, 3.8) is 0 Å². The monoisotopic (exact) mass is 451 g/mol. The van der Waals surface area contributed by atoms with Gasteiger partial charge >= 0.3 is 0 Å². The Kier molecular flexibility index (Phi) is 6.74. The van der Waals surface area contributed by atoms with Gasteiger partial charge in [-0.05, 0) is 43.0 Å². The molecule has 2 atom stereocenters. The first-order valence-corrected chi connectivity index (χ1v) is 11.3. The lowest BCUT2D eigenvalue weighted by atomic mass is 9.98. The molecular weight excluding hydrogens is 421 g/mol. The first kappa shape index (κ1) is 22.9. The van der Waals surface area contributed by atoms with Gasteiger partial charge < -0.3 is 15.2 Å². The number of rotatable bonds is 6. The number of nitrogens with one attached hydrogen (secondary N) is 2. The highest BCUT2D eigenvalue weighted by atomic mass is 19.1. The first-order valence-electron chi connectivity index (χ1n) is 11.3. The van der Waals surface area contributed by atoms with Gasteiger partial charge in [0, 0.05) is 57.1 Å². The van der Waals surface area contributed by atoms with Gasteiger partial charge in [-0.2, -0.15) is 0 Å². The van der Waals surface area contributed by atoms with Crippen molar-refractivity contribution in [2.75, 3.05) is 38.1 Å². The summed E-state index contributed by atoms with van der Waals surface area (Å²) in [6.07, 6.45) is 6.13. The van der Waals surface area contributed by atoms with Crippen LogP contribution < -0.4 is 15.8 Å². The van der Waals surface area contributed by atoms with Crippen LogP contribution >= 0.6 is 0 Å². The van der Waals surface area contributed by atoms with Gasteiger partial charge in [-0.15, -0.1) is 0 Å². The number of pyridine rings is 2. The third kappa shape index (κ3) is 4.75. The van der Waals surface area contributed by atoms with Crippen LogP contribution in [-0.2, 0) is 0 Å². The number of piperazine rings is 1. The second kappa shape index (κ2) is 9.70. The number of nitrogens with zero attached hydrogens (tertiary/aromatic N) is 3. The van der Waals surface area contributed by atoms with Crippen LogP contribution in [0.5, 0.6) is 0 Å². The summed E-state index contributed by atoms with van der Waals surface area (Å²) in [5.41, 5.74) is 1.42. The van der Waals surface area contributed by atoms with E-state index in [1.54, 1.807) is 19.3 Å². The molecular formula is C25H30FN5O2. The first-order chi connectivity index (χ1) is 15.9. The van der Waals surface area contributed by atoms with Crippen LogP contribution in [0, 0.1) is 0 Å². The van der Waals surface area contributed by atoms with Gasteiger partial charge in [0.05, 0.1) is 11.1 Å². The molecule has 2 aliphatic rings. The zero-order valence-corrected chi connectivity index (χ0v) is 18.9. The minimum absolute atomic E-state index is 0.0311. The molecule has 2 aromatic rings. The molecule has 0 aromatic carbocycles. The van der Waals surface area contributed by atoms with Gasteiger partial charge in [-0.25, -0.2) is 9.37 Å². The Morgan fingerprint density at radius 1 is 1.27 bits per heavy atom. The molecule has 8 heteroatoms. The highest BCUT2D eigenvalue weighted by Crippen LogP contribution is 2.37. The third-order valence-electron chi connectivity index (χ3n) is 6.81. The summed E-state index contributed by atoms with van der Waals surface area (Å²) in [5.74, 6) is 0.244. The molecule has 3 heterocycles. The van der Waals surface area contributed by atoms with Crippen molar-refractivity contribution in [3.05, 3.63) is 70.3 Å². The van der Waals surface area contributed by atoms with Crippen LogP contribution in [0.4, 0.5) is 10.2 Å². The number of carbonyl (C=O) groups is 1. The summed E-state index contributed by atoms with van der Waals surface area (Å²) in [7, 11) is 1.61. The van der Waals surface area contributed by atoms with Crippen LogP contribution in [-0.4, -0.2) is 60.0 Å². The molecule has 2 N–H and O–H groups in total. The normalized spacial score (nSPS) is 21.1. The van der Waals surface area contributed by atoms with Crippen molar-refractivity contribution in [2.24, 2.45) is 0 Å². The lowest BCUT2D eigenvalue weighted by molar-refractivity contribution is 0.0962. The van der Waals surface area contributed by atoms with Crippen molar-refractivity contribution >= 4 is 23.6 Å². The second-order valence-electron chi connectivity index (χ2n) is 8.66. The molecule has 2 aromatic heterocycles. The zero-order chi connectivity index (χ0) is 23.5. The molecule has 0 radical (unpaired) electrons. The van der Waals surface area contributed by atoms with Crippen molar-refractivity contribution in [3.8, 4) is 0 Å². The highest BCUT2D eigenvalue weighted by molar-refractivity contribution is 5.93. The molecule has 0 spiro atoms. The molecule has 7 nitrogen and oxygen atoms in total. The van der Waals surface area contributed by atoms with E-state index < -0.39 is 11.4 Å². The standard InChI is InChI=1S/C25H30FN5O2/c1-4-17-14-21(29-25(33)23(17)16(2)26)18-5-7-20(13-18)30-9-11-31(12-10-30)22-8-6-19(15-28-22)24(32)27-3/h4,6,8,14-15,18,20H,1-2,5,7,9-13H2,3H3,(H,27,32)(H,29,33). The number of halogens is 1. The fourth-order valence-corrected chi connectivity index (χ4v) is 5.00. The van der Waals surface area contributed by atoms with Gasteiger partial charge in [0.2, 0.25) is 0 Å². The summed E-state index contributed by atoms with van der Waals surface area (Å²) in [6.45, 7) is 10.6. The number of carbonyl (C=O) groups excluding carboxylic acids is 1. The van der Waals surface area contributed by atoms with Crippen LogP contribution in [0.25, 0.3) is 11.9 Å². The molecule has 2 unspecified atom stereocenters. The average molecular weight is 452 g/mol. The van der Waals surface area contributed by atoms with E-state index in [0.29, 0.717) is 17.2 Å². The maximum Gasteiger partial charge on any atom is 0.258 e. The van der Waals surface area contributed by atoms with E-state index in [1.165, 1.54) is 6.08 Å². The number of H-pyrrole nitrogens is 1. The Morgan fingerprint density at radius 3 is 2.64 bits per heavy atom. The smallest absolute Gasteiger partial charge is 0.258 e. The maximum atomic E-state index is 13.7. The Bertz CT molecular complexity index is 1100. The number of hydrogen-bond donors (Lipinski definition) is 2. The Hall–Kier alpha value is -3.26. The number of amides is 1. The van der Waals surface area contributed by atoms with Gasteiger partial charge in [0.25, 0.3) is 11.5 Å². The van der Waals surface area contributed by atoms with Gasteiger partial charge in [0.1, 0.15) is 11.6 Å². The molecule has 0 bridgehead atoms. The van der Waals surface area contributed by atoms with E-state index >= 15 is 0 Å². The van der Waals surface area contributed by atoms with Gasteiger partial charge in [-0.1, -0.05) is 19.2 Å². The largest absolute Gasteiger partial charge is 0.355 e. The quantitative estimate of drug-likeness (QED) is 0.705.